The minimum absolute atomic E-state index is 0.179. The van der Waals surface area contributed by atoms with Gasteiger partial charge in [-0.3, -0.25) is 9.59 Å². The number of hydrogen-bond acceptors (Lipinski definition) is 4. The molecule has 0 radical (unpaired) electrons. The van der Waals surface area contributed by atoms with Gasteiger partial charge < -0.3 is 19.7 Å². The van der Waals surface area contributed by atoms with Crippen LogP contribution >= 0.6 is 0 Å². The highest BCUT2D eigenvalue weighted by atomic mass is 16.5. The van der Waals surface area contributed by atoms with Crippen LogP contribution in [0.25, 0.3) is 0 Å². The predicted octanol–water partition coefficient (Wildman–Crippen LogP) is 5.03. The number of benzene rings is 4. The van der Waals surface area contributed by atoms with E-state index in [0.717, 1.165) is 16.7 Å². The zero-order valence-corrected chi connectivity index (χ0v) is 21.5. The van der Waals surface area contributed by atoms with Crippen molar-refractivity contribution in [3.05, 3.63) is 132 Å². The van der Waals surface area contributed by atoms with Gasteiger partial charge >= 0.3 is 0 Å². The van der Waals surface area contributed by atoms with Gasteiger partial charge in [-0.25, -0.2) is 0 Å². The van der Waals surface area contributed by atoms with Crippen molar-refractivity contribution in [1.82, 2.24) is 10.2 Å². The van der Waals surface area contributed by atoms with Crippen molar-refractivity contribution in [2.75, 3.05) is 13.7 Å². The fraction of sp³-hybridized carbons (Fsp3) is 0.188. The lowest BCUT2D eigenvalue weighted by molar-refractivity contribution is -0.142. The molecule has 4 aromatic carbocycles. The summed E-state index contributed by atoms with van der Waals surface area (Å²) in [4.78, 5) is 29.0. The third-order valence-corrected chi connectivity index (χ3v) is 6.22. The molecular formula is C32H32N2O4. The summed E-state index contributed by atoms with van der Waals surface area (Å²) in [6.07, 6.45) is 0.364. The zero-order valence-electron chi connectivity index (χ0n) is 21.5. The topological polar surface area (TPSA) is 67.9 Å². The van der Waals surface area contributed by atoms with Crippen LogP contribution in [0, 0.1) is 0 Å². The standard InChI is InChI=1S/C32H32N2O4/c1-37-30-20-12-11-17-27(30)22-33-32(36)29(21-25-13-5-2-6-14-25)34(23-26-15-7-3-8-16-26)31(35)24-38-28-18-9-4-10-19-28/h2-20,29H,21-24H2,1H3,(H,33,36)/t29-/m0/s1. The molecule has 2 amide bonds. The van der Waals surface area contributed by atoms with E-state index < -0.39 is 6.04 Å². The van der Waals surface area contributed by atoms with Crippen LogP contribution in [0.5, 0.6) is 11.5 Å². The Balaban J connectivity index is 1.60. The molecule has 0 aliphatic heterocycles. The van der Waals surface area contributed by atoms with E-state index in [-0.39, 0.29) is 31.5 Å². The summed E-state index contributed by atoms with van der Waals surface area (Å²) in [6.45, 7) is 0.376. The monoisotopic (exact) mass is 508 g/mol. The number of hydrogen-bond donors (Lipinski definition) is 1. The molecule has 194 valence electrons. The number of nitrogens with zero attached hydrogens (tertiary/aromatic N) is 1. The molecule has 0 saturated heterocycles. The van der Waals surface area contributed by atoms with E-state index in [1.54, 1.807) is 24.1 Å². The van der Waals surface area contributed by atoms with E-state index in [2.05, 4.69) is 5.32 Å². The van der Waals surface area contributed by atoms with Crippen LogP contribution in [-0.4, -0.2) is 36.5 Å². The van der Waals surface area contributed by atoms with E-state index in [0.29, 0.717) is 17.9 Å². The highest BCUT2D eigenvalue weighted by Gasteiger charge is 2.30. The summed E-state index contributed by atoms with van der Waals surface area (Å²) < 4.78 is 11.2. The summed E-state index contributed by atoms with van der Waals surface area (Å²) >= 11 is 0. The van der Waals surface area contributed by atoms with E-state index >= 15 is 0 Å². The maximum atomic E-state index is 13.7. The Morgan fingerprint density at radius 1 is 0.763 bits per heavy atom. The quantitative estimate of drug-likeness (QED) is 0.292. The Labute approximate surface area is 223 Å². The normalized spacial score (nSPS) is 11.3. The molecule has 1 atom stereocenters. The fourth-order valence-corrected chi connectivity index (χ4v) is 4.23. The second-order valence-corrected chi connectivity index (χ2v) is 8.84. The van der Waals surface area contributed by atoms with Crippen LogP contribution in [0.3, 0.4) is 0 Å². The number of rotatable bonds is 12. The molecule has 0 aromatic heterocycles. The van der Waals surface area contributed by atoms with Crippen molar-refractivity contribution in [2.24, 2.45) is 0 Å². The van der Waals surface area contributed by atoms with Gasteiger partial charge in [-0.15, -0.1) is 0 Å². The molecule has 0 aliphatic rings. The third kappa shape index (κ3) is 7.46. The van der Waals surface area contributed by atoms with Crippen molar-refractivity contribution in [2.45, 2.75) is 25.6 Å². The summed E-state index contributed by atoms with van der Waals surface area (Å²) in [5, 5.41) is 3.04. The van der Waals surface area contributed by atoms with E-state index in [1.165, 1.54) is 0 Å². The van der Waals surface area contributed by atoms with Gasteiger partial charge in [0, 0.05) is 25.1 Å². The van der Waals surface area contributed by atoms with Crippen LogP contribution in [0.15, 0.2) is 115 Å². The Hall–Kier alpha value is -4.58. The number of para-hydroxylation sites is 2. The van der Waals surface area contributed by atoms with Gasteiger partial charge in [0.2, 0.25) is 5.91 Å². The van der Waals surface area contributed by atoms with E-state index in [4.69, 9.17) is 9.47 Å². The molecule has 0 aliphatic carbocycles. The Morgan fingerprint density at radius 2 is 1.34 bits per heavy atom. The Kier molecular flexibility index (Phi) is 9.51. The lowest BCUT2D eigenvalue weighted by atomic mass is 10.0. The van der Waals surface area contributed by atoms with Gasteiger partial charge in [0.05, 0.1) is 7.11 Å². The predicted molar refractivity (Wildman–Crippen MR) is 148 cm³/mol. The molecular weight excluding hydrogens is 476 g/mol. The zero-order chi connectivity index (χ0) is 26.6. The largest absolute Gasteiger partial charge is 0.496 e. The Bertz CT molecular complexity index is 1300. The molecule has 0 fully saturated rings. The van der Waals surface area contributed by atoms with Crippen molar-refractivity contribution in [3.63, 3.8) is 0 Å². The molecule has 0 unspecified atom stereocenters. The number of ether oxygens (including phenoxy) is 2. The first-order chi connectivity index (χ1) is 18.6. The lowest BCUT2D eigenvalue weighted by Gasteiger charge is -2.31. The molecule has 0 bridgehead atoms. The molecule has 1 N–H and O–H groups in total. The minimum atomic E-state index is -0.751. The van der Waals surface area contributed by atoms with Crippen molar-refractivity contribution >= 4 is 11.8 Å². The average Bonchev–Trinajstić information content (AvgIpc) is 2.98. The van der Waals surface area contributed by atoms with Gasteiger partial charge in [0.25, 0.3) is 5.91 Å². The molecule has 4 rings (SSSR count). The summed E-state index contributed by atoms with van der Waals surface area (Å²) in [7, 11) is 1.60. The summed E-state index contributed by atoms with van der Waals surface area (Å²) in [6, 6.07) is 35.4. The van der Waals surface area contributed by atoms with E-state index in [1.807, 2.05) is 103 Å². The van der Waals surface area contributed by atoms with Gasteiger partial charge in [-0.2, -0.15) is 0 Å². The average molecular weight is 509 g/mol. The number of amides is 2. The van der Waals surface area contributed by atoms with Crippen LogP contribution in [0.1, 0.15) is 16.7 Å². The van der Waals surface area contributed by atoms with Gasteiger partial charge in [0.1, 0.15) is 17.5 Å². The minimum Gasteiger partial charge on any atom is -0.496 e. The first-order valence-electron chi connectivity index (χ1n) is 12.6. The smallest absolute Gasteiger partial charge is 0.261 e. The number of carbonyl (C=O) groups is 2. The number of methoxy groups -OCH3 is 1. The molecule has 38 heavy (non-hydrogen) atoms. The molecule has 0 saturated carbocycles. The SMILES string of the molecule is COc1ccccc1CNC(=O)[C@H](Cc1ccccc1)N(Cc1ccccc1)C(=O)COc1ccccc1. The number of nitrogens with one attached hydrogen (secondary N) is 1. The van der Waals surface area contributed by atoms with Gasteiger partial charge in [-0.1, -0.05) is 97.1 Å². The van der Waals surface area contributed by atoms with Crippen LogP contribution < -0.4 is 14.8 Å². The van der Waals surface area contributed by atoms with Crippen LogP contribution in [0.4, 0.5) is 0 Å². The summed E-state index contributed by atoms with van der Waals surface area (Å²) in [5.41, 5.74) is 2.74. The van der Waals surface area contributed by atoms with Crippen molar-refractivity contribution in [1.29, 1.82) is 0 Å². The van der Waals surface area contributed by atoms with Crippen LogP contribution in [0.2, 0.25) is 0 Å². The highest BCUT2D eigenvalue weighted by Crippen LogP contribution is 2.19. The number of carbonyl (C=O) groups excluding carboxylic acids is 2. The van der Waals surface area contributed by atoms with Crippen molar-refractivity contribution in [3.8, 4) is 11.5 Å². The van der Waals surface area contributed by atoms with E-state index in [9.17, 15) is 9.59 Å². The second kappa shape index (κ2) is 13.7. The molecule has 6 nitrogen and oxygen atoms in total. The lowest BCUT2D eigenvalue weighted by Crippen LogP contribution is -2.51. The first kappa shape index (κ1) is 26.5. The third-order valence-electron chi connectivity index (χ3n) is 6.22. The first-order valence-corrected chi connectivity index (χ1v) is 12.6. The molecule has 0 spiro atoms. The van der Waals surface area contributed by atoms with Crippen LogP contribution in [-0.2, 0) is 29.1 Å². The second-order valence-electron chi connectivity index (χ2n) is 8.84. The van der Waals surface area contributed by atoms with Crippen molar-refractivity contribution < 1.29 is 19.1 Å². The van der Waals surface area contributed by atoms with Gasteiger partial charge in [0.15, 0.2) is 6.61 Å². The molecule has 6 heteroatoms. The highest BCUT2D eigenvalue weighted by molar-refractivity contribution is 5.88. The molecule has 4 aromatic rings. The maximum absolute atomic E-state index is 13.7. The fourth-order valence-electron chi connectivity index (χ4n) is 4.23. The summed E-state index contributed by atoms with van der Waals surface area (Å²) in [5.74, 6) is 0.775. The van der Waals surface area contributed by atoms with Gasteiger partial charge in [-0.05, 0) is 29.3 Å². The Morgan fingerprint density at radius 3 is 2.00 bits per heavy atom. The molecule has 0 heterocycles. The maximum Gasteiger partial charge on any atom is 0.261 e.